The van der Waals surface area contributed by atoms with E-state index in [9.17, 15) is 13.2 Å². The number of halogens is 3. The smallest absolute Gasteiger partial charge is 0.129 e. The van der Waals surface area contributed by atoms with E-state index < -0.39 is 11.6 Å². The molecular formula is C16H16F3N. The average Bonchev–Trinajstić information content (AvgIpc) is 2.34. The second kappa shape index (κ2) is 6.09. The third kappa shape index (κ3) is 3.61. The number of hydrogen-bond acceptors (Lipinski definition) is 1. The molecule has 0 unspecified atom stereocenters. The molecule has 0 saturated carbocycles. The van der Waals surface area contributed by atoms with Crippen LogP contribution in [-0.2, 0) is 13.1 Å². The summed E-state index contributed by atoms with van der Waals surface area (Å²) < 4.78 is 39.5. The predicted molar refractivity (Wildman–Crippen MR) is 72.8 cm³/mol. The molecule has 0 aliphatic heterocycles. The average molecular weight is 279 g/mol. The lowest BCUT2D eigenvalue weighted by Gasteiger charge is -2.09. The zero-order valence-electron chi connectivity index (χ0n) is 11.4. The van der Waals surface area contributed by atoms with E-state index in [1.54, 1.807) is 26.0 Å². The van der Waals surface area contributed by atoms with E-state index >= 15 is 0 Å². The largest absolute Gasteiger partial charge is 0.309 e. The first-order valence-corrected chi connectivity index (χ1v) is 6.37. The Morgan fingerprint density at radius 3 is 1.70 bits per heavy atom. The van der Waals surface area contributed by atoms with Crippen LogP contribution in [-0.4, -0.2) is 0 Å². The number of benzene rings is 2. The summed E-state index contributed by atoms with van der Waals surface area (Å²) in [6.45, 7) is 4.30. The highest BCUT2D eigenvalue weighted by Gasteiger charge is 2.05. The van der Waals surface area contributed by atoms with Crippen molar-refractivity contribution in [1.82, 2.24) is 5.32 Å². The van der Waals surface area contributed by atoms with Crippen molar-refractivity contribution in [3.05, 3.63) is 70.0 Å². The summed E-state index contributed by atoms with van der Waals surface area (Å²) in [5, 5.41) is 3.09. The molecule has 0 radical (unpaired) electrons. The lowest BCUT2D eigenvalue weighted by Crippen LogP contribution is -2.13. The van der Waals surface area contributed by atoms with Crippen LogP contribution in [0.15, 0.2) is 30.3 Å². The van der Waals surface area contributed by atoms with Crippen molar-refractivity contribution in [2.24, 2.45) is 0 Å². The first-order chi connectivity index (χ1) is 9.45. The van der Waals surface area contributed by atoms with Gasteiger partial charge in [0.05, 0.1) is 0 Å². The van der Waals surface area contributed by atoms with Gasteiger partial charge in [0.25, 0.3) is 0 Å². The number of aryl methyl sites for hydroxylation is 2. The summed E-state index contributed by atoms with van der Waals surface area (Å²) in [5.41, 5.74) is 2.67. The SMILES string of the molecule is Cc1cc(CNCc2cc(F)cc(F)c2)cc(C)c1F. The topological polar surface area (TPSA) is 12.0 Å². The fourth-order valence-corrected chi connectivity index (χ4v) is 2.20. The van der Waals surface area contributed by atoms with Gasteiger partial charge in [0.1, 0.15) is 17.5 Å². The van der Waals surface area contributed by atoms with Crippen molar-refractivity contribution in [1.29, 1.82) is 0 Å². The first kappa shape index (κ1) is 14.6. The van der Waals surface area contributed by atoms with Gasteiger partial charge in [-0.25, -0.2) is 13.2 Å². The Labute approximate surface area is 116 Å². The Hall–Kier alpha value is -1.81. The molecule has 106 valence electrons. The fraction of sp³-hybridized carbons (Fsp3) is 0.250. The lowest BCUT2D eigenvalue weighted by atomic mass is 10.1. The summed E-state index contributed by atoms with van der Waals surface area (Å²) in [7, 11) is 0. The molecule has 0 aromatic heterocycles. The van der Waals surface area contributed by atoms with Crippen LogP contribution in [0.1, 0.15) is 22.3 Å². The minimum Gasteiger partial charge on any atom is -0.309 e. The van der Waals surface area contributed by atoms with Crippen LogP contribution in [0.4, 0.5) is 13.2 Å². The standard InChI is InChI=1S/C16H16F3N/c1-10-3-12(4-11(2)16(10)19)8-20-9-13-5-14(17)7-15(18)6-13/h3-7,20H,8-9H2,1-2H3. The van der Waals surface area contributed by atoms with Crippen LogP contribution in [0.2, 0.25) is 0 Å². The highest BCUT2D eigenvalue weighted by atomic mass is 19.1. The molecule has 0 atom stereocenters. The number of hydrogen-bond donors (Lipinski definition) is 1. The van der Waals surface area contributed by atoms with E-state index in [-0.39, 0.29) is 5.82 Å². The highest BCUT2D eigenvalue weighted by molar-refractivity contribution is 5.30. The van der Waals surface area contributed by atoms with E-state index in [0.717, 1.165) is 11.6 Å². The monoisotopic (exact) mass is 279 g/mol. The molecule has 2 aromatic carbocycles. The van der Waals surface area contributed by atoms with E-state index in [2.05, 4.69) is 5.32 Å². The van der Waals surface area contributed by atoms with Gasteiger partial charge in [0.15, 0.2) is 0 Å². The van der Waals surface area contributed by atoms with Gasteiger partial charge in [0.2, 0.25) is 0 Å². The molecule has 0 fully saturated rings. The zero-order valence-corrected chi connectivity index (χ0v) is 11.4. The second-order valence-corrected chi connectivity index (χ2v) is 4.92. The summed E-state index contributed by atoms with van der Waals surface area (Å²) in [5.74, 6) is -1.37. The molecule has 20 heavy (non-hydrogen) atoms. The molecule has 0 amide bonds. The number of nitrogens with one attached hydrogen (secondary N) is 1. The Bertz CT molecular complexity index is 580. The molecule has 0 aliphatic rings. The van der Waals surface area contributed by atoms with Crippen LogP contribution in [0.25, 0.3) is 0 Å². The quantitative estimate of drug-likeness (QED) is 0.891. The molecule has 0 heterocycles. The summed E-state index contributed by atoms with van der Waals surface area (Å²) in [6, 6.07) is 6.95. The molecule has 0 saturated heterocycles. The molecule has 0 bridgehead atoms. The van der Waals surface area contributed by atoms with Crippen molar-refractivity contribution < 1.29 is 13.2 Å². The maximum Gasteiger partial charge on any atom is 0.129 e. The van der Waals surface area contributed by atoms with Crippen molar-refractivity contribution in [2.75, 3.05) is 0 Å². The molecule has 1 nitrogen and oxygen atoms in total. The molecule has 1 N–H and O–H groups in total. The fourth-order valence-electron chi connectivity index (χ4n) is 2.20. The molecule has 2 aromatic rings. The molecule has 0 aliphatic carbocycles. The van der Waals surface area contributed by atoms with Crippen molar-refractivity contribution >= 4 is 0 Å². The van der Waals surface area contributed by atoms with Gasteiger partial charge in [-0.15, -0.1) is 0 Å². The normalized spacial score (nSPS) is 10.8. The minimum absolute atomic E-state index is 0.194. The first-order valence-electron chi connectivity index (χ1n) is 6.37. The molecule has 4 heteroatoms. The van der Waals surface area contributed by atoms with Gasteiger partial charge in [-0.1, -0.05) is 12.1 Å². The highest BCUT2D eigenvalue weighted by Crippen LogP contribution is 2.15. The Morgan fingerprint density at radius 2 is 1.20 bits per heavy atom. The van der Waals surface area contributed by atoms with Gasteiger partial charge in [0, 0.05) is 19.2 Å². The maximum absolute atomic E-state index is 13.5. The minimum atomic E-state index is -0.588. The van der Waals surface area contributed by atoms with Crippen molar-refractivity contribution in [2.45, 2.75) is 26.9 Å². The third-order valence-corrected chi connectivity index (χ3v) is 3.08. The second-order valence-electron chi connectivity index (χ2n) is 4.92. The van der Waals surface area contributed by atoms with Gasteiger partial charge in [-0.05, 0) is 48.2 Å². The van der Waals surface area contributed by atoms with Gasteiger partial charge in [-0.2, -0.15) is 0 Å². The van der Waals surface area contributed by atoms with Gasteiger partial charge < -0.3 is 5.32 Å². The predicted octanol–water partition coefficient (Wildman–Crippen LogP) is 4.01. The lowest BCUT2D eigenvalue weighted by molar-refractivity contribution is 0.574. The maximum atomic E-state index is 13.5. The van der Waals surface area contributed by atoms with Crippen LogP contribution in [0.3, 0.4) is 0 Å². The Morgan fingerprint density at radius 1 is 0.750 bits per heavy atom. The summed E-state index contributed by atoms with van der Waals surface area (Å²) in [6.07, 6.45) is 0. The third-order valence-electron chi connectivity index (χ3n) is 3.08. The Balaban J connectivity index is 1.99. The van der Waals surface area contributed by atoms with Crippen LogP contribution >= 0.6 is 0 Å². The summed E-state index contributed by atoms with van der Waals surface area (Å²) in [4.78, 5) is 0. The van der Waals surface area contributed by atoms with E-state index in [1.165, 1.54) is 12.1 Å². The molecule has 0 spiro atoms. The van der Waals surface area contributed by atoms with E-state index in [4.69, 9.17) is 0 Å². The van der Waals surface area contributed by atoms with Crippen LogP contribution in [0, 0.1) is 31.3 Å². The molecular weight excluding hydrogens is 263 g/mol. The Kier molecular flexibility index (Phi) is 4.45. The molecule has 2 rings (SSSR count). The van der Waals surface area contributed by atoms with E-state index in [0.29, 0.717) is 29.8 Å². The van der Waals surface area contributed by atoms with Gasteiger partial charge >= 0.3 is 0 Å². The van der Waals surface area contributed by atoms with Crippen LogP contribution in [0.5, 0.6) is 0 Å². The van der Waals surface area contributed by atoms with Crippen LogP contribution < -0.4 is 5.32 Å². The number of rotatable bonds is 4. The zero-order chi connectivity index (χ0) is 14.7. The van der Waals surface area contributed by atoms with Crippen molar-refractivity contribution in [3.8, 4) is 0 Å². The van der Waals surface area contributed by atoms with Gasteiger partial charge in [-0.3, -0.25) is 0 Å². The van der Waals surface area contributed by atoms with Crippen molar-refractivity contribution in [3.63, 3.8) is 0 Å². The summed E-state index contributed by atoms with van der Waals surface area (Å²) >= 11 is 0. The van der Waals surface area contributed by atoms with E-state index in [1.807, 2.05) is 0 Å².